The van der Waals surface area contributed by atoms with E-state index in [-0.39, 0.29) is 0 Å². The Bertz CT molecular complexity index is 582. The Labute approximate surface area is 150 Å². The normalized spacial score (nSPS) is 19.9. The average molecular weight is 371 g/mol. The van der Waals surface area contributed by atoms with Crippen LogP contribution < -0.4 is 5.73 Å². The van der Waals surface area contributed by atoms with Crippen molar-refractivity contribution in [2.24, 2.45) is 11.7 Å². The van der Waals surface area contributed by atoms with Gasteiger partial charge in [0.15, 0.2) is 5.60 Å². The number of furan rings is 1. The van der Waals surface area contributed by atoms with Crippen molar-refractivity contribution in [3.63, 3.8) is 0 Å². The van der Waals surface area contributed by atoms with Gasteiger partial charge in [-0.2, -0.15) is 0 Å². The molecule has 1 saturated carbocycles. The second-order valence-corrected chi connectivity index (χ2v) is 6.47. The third-order valence-corrected chi connectivity index (χ3v) is 4.30. The first-order valence-electron chi connectivity index (χ1n) is 8.31. The van der Waals surface area contributed by atoms with E-state index in [1.807, 2.05) is 12.1 Å². The summed E-state index contributed by atoms with van der Waals surface area (Å²) < 4.78 is 5.33. The number of rotatable bonds is 7. The third kappa shape index (κ3) is 7.24. The summed E-state index contributed by atoms with van der Waals surface area (Å²) in [7, 11) is 0. The van der Waals surface area contributed by atoms with Gasteiger partial charge < -0.3 is 30.6 Å². The van der Waals surface area contributed by atoms with E-state index in [1.54, 1.807) is 6.26 Å². The fourth-order valence-electron chi connectivity index (χ4n) is 2.89. The first-order chi connectivity index (χ1) is 12.1. The molecule has 9 heteroatoms. The van der Waals surface area contributed by atoms with Crippen LogP contribution >= 0.6 is 0 Å². The average Bonchev–Trinajstić information content (AvgIpc) is 3.01. The van der Waals surface area contributed by atoms with E-state index in [4.69, 9.17) is 30.6 Å². The number of carboxylic acid groups (broad SMARTS) is 3. The van der Waals surface area contributed by atoms with Gasteiger partial charge in [-0.25, -0.2) is 4.79 Å². The largest absolute Gasteiger partial charge is 0.481 e. The quantitative estimate of drug-likeness (QED) is 0.470. The van der Waals surface area contributed by atoms with Crippen molar-refractivity contribution in [1.29, 1.82) is 0 Å². The molecule has 0 bridgehead atoms. The SMILES string of the molecule is NC1CCCCC1Cc1ccco1.O=C(O)CC(O)(CC(=O)O)C(=O)O. The highest BCUT2D eigenvalue weighted by atomic mass is 16.4. The minimum absolute atomic E-state index is 0.388. The molecule has 1 heterocycles. The maximum absolute atomic E-state index is 10.3. The molecule has 9 nitrogen and oxygen atoms in total. The van der Waals surface area contributed by atoms with E-state index in [1.165, 1.54) is 25.7 Å². The van der Waals surface area contributed by atoms with Crippen LogP contribution in [0.15, 0.2) is 22.8 Å². The van der Waals surface area contributed by atoms with Gasteiger partial charge >= 0.3 is 17.9 Å². The van der Waals surface area contributed by atoms with Gasteiger partial charge in [0.2, 0.25) is 0 Å². The van der Waals surface area contributed by atoms with Crippen LogP contribution in [0.5, 0.6) is 0 Å². The molecule has 0 spiro atoms. The third-order valence-electron chi connectivity index (χ3n) is 4.30. The highest BCUT2D eigenvalue weighted by Crippen LogP contribution is 2.26. The van der Waals surface area contributed by atoms with Crippen LogP contribution in [0.3, 0.4) is 0 Å². The lowest BCUT2D eigenvalue weighted by Gasteiger charge is -2.27. The van der Waals surface area contributed by atoms with Crippen LogP contribution in [0, 0.1) is 5.92 Å². The monoisotopic (exact) mass is 371 g/mol. The predicted molar refractivity (Wildman–Crippen MR) is 89.4 cm³/mol. The van der Waals surface area contributed by atoms with Crippen LogP contribution in [0.2, 0.25) is 0 Å². The molecule has 26 heavy (non-hydrogen) atoms. The maximum atomic E-state index is 10.3. The Morgan fingerprint density at radius 2 is 1.69 bits per heavy atom. The maximum Gasteiger partial charge on any atom is 0.336 e. The number of hydrogen-bond donors (Lipinski definition) is 5. The molecule has 0 saturated heterocycles. The van der Waals surface area contributed by atoms with E-state index in [9.17, 15) is 14.4 Å². The van der Waals surface area contributed by atoms with Crippen molar-refractivity contribution in [3.05, 3.63) is 24.2 Å². The first kappa shape index (κ1) is 21.7. The molecule has 1 aliphatic carbocycles. The molecule has 2 unspecified atom stereocenters. The lowest BCUT2D eigenvalue weighted by molar-refractivity contribution is -0.170. The minimum Gasteiger partial charge on any atom is -0.481 e. The van der Waals surface area contributed by atoms with Gasteiger partial charge in [-0.3, -0.25) is 9.59 Å². The number of aliphatic hydroxyl groups is 1. The summed E-state index contributed by atoms with van der Waals surface area (Å²) in [6, 6.07) is 4.38. The number of nitrogens with two attached hydrogens (primary N) is 1. The molecule has 0 aromatic carbocycles. The van der Waals surface area contributed by atoms with Crippen molar-refractivity contribution in [1.82, 2.24) is 0 Å². The molecule has 146 valence electrons. The van der Waals surface area contributed by atoms with E-state index >= 15 is 0 Å². The van der Waals surface area contributed by atoms with Gasteiger partial charge in [0.1, 0.15) is 5.76 Å². The fraction of sp³-hybridized carbons (Fsp3) is 0.588. The van der Waals surface area contributed by atoms with Crippen molar-refractivity contribution < 1.29 is 39.2 Å². The Hall–Kier alpha value is -2.39. The summed E-state index contributed by atoms with van der Waals surface area (Å²) >= 11 is 0. The summed E-state index contributed by atoms with van der Waals surface area (Å²) in [5.74, 6) is -3.29. The lowest BCUT2D eigenvalue weighted by Crippen LogP contribution is -2.42. The van der Waals surface area contributed by atoms with Crippen molar-refractivity contribution in [3.8, 4) is 0 Å². The minimum atomic E-state index is -2.74. The predicted octanol–water partition coefficient (Wildman–Crippen LogP) is 1.09. The van der Waals surface area contributed by atoms with Crippen molar-refractivity contribution in [2.75, 3.05) is 0 Å². The molecule has 6 N–H and O–H groups in total. The van der Waals surface area contributed by atoms with E-state index in [0.717, 1.165) is 12.2 Å². The summed E-state index contributed by atoms with van der Waals surface area (Å²) in [6.07, 6.45) is 5.56. The van der Waals surface area contributed by atoms with E-state index in [0.29, 0.717) is 12.0 Å². The van der Waals surface area contributed by atoms with Gasteiger partial charge in [0.05, 0.1) is 19.1 Å². The fourth-order valence-corrected chi connectivity index (χ4v) is 2.89. The zero-order chi connectivity index (χ0) is 19.7. The molecule has 0 amide bonds. The summed E-state index contributed by atoms with van der Waals surface area (Å²) in [5.41, 5.74) is 3.32. The number of aliphatic carboxylic acids is 3. The molecule has 0 radical (unpaired) electrons. The summed E-state index contributed by atoms with van der Waals surface area (Å²) in [4.78, 5) is 30.5. The topological polar surface area (TPSA) is 171 Å². The van der Waals surface area contributed by atoms with Crippen LogP contribution in [0.4, 0.5) is 0 Å². The van der Waals surface area contributed by atoms with Gasteiger partial charge in [-0.1, -0.05) is 12.8 Å². The molecule has 1 aromatic rings. The van der Waals surface area contributed by atoms with Gasteiger partial charge in [0, 0.05) is 12.5 Å². The molecule has 1 aliphatic rings. The Kier molecular flexibility index (Phi) is 8.27. The van der Waals surface area contributed by atoms with Crippen LogP contribution in [0.25, 0.3) is 0 Å². The molecular weight excluding hydrogens is 346 g/mol. The second kappa shape index (κ2) is 9.93. The van der Waals surface area contributed by atoms with Crippen LogP contribution in [0.1, 0.15) is 44.3 Å². The molecule has 2 rings (SSSR count). The number of carbonyl (C=O) groups is 3. The van der Waals surface area contributed by atoms with E-state index in [2.05, 4.69) is 0 Å². The van der Waals surface area contributed by atoms with Gasteiger partial charge in [0.25, 0.3) is 0 Å². The van der Waals surface area contributed by atoms with E-state index < -0.39 is 36.4 Å². The molecule has 1 fully saturated rings. The van der Waals surface area contributed by atoms with Gasteiger partial charge in [-0.15, -0.1) is 0 Å². The smallest absolute Gasteiger partial charge is 0.336 e. The molecular formula is C17H25NO8. The number of carboxylic acids is 3. The number of hydrogen-bond acceptors (Lipinski definition) is 6. The van der Waals surface area contributed by atoms with Crippen LogP contribution in [-0.2, 0) is 20.8 Å². The molecule has 2 atom stereocenters. The molecule has 1 aromatic heterocycles. The van der Waals surface area contributed by atoms with Gasteiger partial charge in [-0.05, 0) is 30.9 Å². The highest BCUT2D eigenvalue weighted by molar-refractivity contribution is 5.88. The Morgan fingerprint density at radius 3 is 2.12 bits per heavy atom. The lowest BCUT2D eigenvalue weighted by atomic mass is 9.82. The molecule has 0 aliphatic heterocycles. The second-order valence-electron chi connectivity index (χ2n) is 6.47. The Morgan fingerprint density at radius 1 is 1.12 bits per heavy atom. The van der Waals surface area contributed by atoms with Crippen molar-refractivity contribution >= 4 is 17.9 Å². The first-order valence-corrected chi connectivity index (χ1v) is 8.31. The zero-order valence-electron chi connectivity index (χ0n) is 14.3. The highest BCUT2D eigenvalue weighted by Gasteiger charge is 2.40. The zero-order valence-corrected chi connectivity index (χ0v) is 14.3. The Balaban J connectivity index is 0.000000260. The summed E-state index contributed by atoms with van der Waals surface area (Å²) in [6.45, 7) is 0. The van der Waals surface area contributed by atoms with Crippen LogP contribution in [-0.4, -0.2) is 50.0 Å². The summed E-state index contributed by atoms with van der Waals surface area (Å²) in [5, 5.41) is 33.8. The van der Waals surface area contributed by atoms with Crippen molar-refractivity contribution in [2.45, 2.75) is 56.6 Å². The standard InChI is InChI=1S/C11H17NO.C6H8O7/c12-11-6-2-1-4-9(11)8-10-5-3-7-13-10;7-3(8)1-6(13,5(11)12)2-4(9)10/h3,5,7,9,11H,1-2,4,6,8,12H2;13H,1-2H2,(H,7,8)(H,9,10)(H,11,12).